The number of amides is 3. The fourth-order valence-electron chi connectivity index (χ4n) is 4.93. The van der Waals surface area contributed by atoms with Crippen LogP contribution in [0.1, 0.15) is 37.5 Å². The molecule has 4 rings (SSSR count). The lowest BCUT2D eigenvalue weighted by Crippen LogP contribution is -2.55. The normalized spacial score (nSPS) is 12.7. The lowest BCUT2D eigenvalue weighted by atomic mass is 10.0. The highest BCUT2D eigenvalue weighted by molar-refractivity contribution is 5.93. The monoisotopic (exact) mass is 582 g/mol. The van der Waals surface area contributed by atoms with E-state index in [0.717, 1.165) is 16.5 Å². The first-order chi connectivity index (χ1) is 20.5. The molecule has 9 heteroatoms. The molecule has 0 fully saturated rings. The molecule has 0 aliphatic carbocycles. The molecule has 0 radical (unpaired) electrons. The van der Waals surface area contributed by atoms with Gasteiger partial charge in [-0.15, -0.1) is 0 Å². The predicted molar refractivity (Wildman–Crippen MR) is 166 cm³/mol. The van der Waals surface area contributed by atoms with Gasteiger partial charge in [0.15, 0.2) is 0 Å². The molecule has 0 saturated carbocycles. The van der Waals surface area contributed by atoms with E-state index in [2.05, 4.69) is 10.6 Å². The van der Waals surface area contributed by atoms with E-state index in [1.54, 1.807) is 45.0 Å². The van der Waals surface area contributed by atoms with Gasteiger partial charge >= 0.3 is 6.09 Å². The minimum Gasteiger partial charge on any atom is -0.444 e. The van der Waals surface area contributed by atoms with Crippen LogP contribution in [0.3, 0.4) is 0 Å². The second kappa shape index (κ2) is 13.8. The summed E-state index contributed by atoms with van der Waals surface area (Å²) >= 11 is 0. The van der Waals surface area contributed by atoms with E-state index in [9.17, 15) is 19.2 Å². The third-order valence-corrected chi connectivity index (χ3v) is 6.90. The van der Waals surface area contributed by atoms with E-state index in [4.69, 9.17) is 4.74 Å². The first kappa shape index (κ1) is 31.0. The Kier molecular flexibility index (Phi) is 9.98. The van der Waals surface area contributed by atoms with Crippen LogP contribution in [-0.2, 0) is 38.5 Å². The van der Waals surface area contributed by atoms with Gasteiger partial charge in [-0.25, -0.2) is 4.79 Å². The van der Waals surface area contributed by atoms with Crippen molar-refractivity contribution in [2.75, 3.05) is 7.05 Å². The van der Waals surface area contributed by atoms with Gasteiger partial charge in [0.2, 0.25) is 18.2 Å². The van der Waals surface area contributed by atoms with Gasteiger partial charge in [-0.2, -0.15) is 0 Å². The molecule has 43 heavy (non-hydrogen) atoms. The zero-order chi connectivity index (χ0) is 31.0. The number of aromatic nitrogens is 1. The van der Waals surface area contributed by atoms with Crippen LogP contribution in [-0.4, -0.2) is 58.5 Å². The first-order valence-electron chi connectivity index (χ1n) is 14.2. The number of carbonyl (C=O) groups is 4. The number of ether oxygens (including phenoxy) is 1. The number of nitrogens with zero attached hydrogens (tertiary/aromatic N) is 2. The number of hydrogen-bond acceptors (Lipinski definition) is 5. The summed E-state index contributed by atoms with van der Waals surface area (Å²) in [5.41, 5.74) is 2.42. The van der Waals surface area contributed by atoms with Gasteiger partial charge in [0.1, 0.15) is 17.7 Å². The van der Waals surface area contributed by atoms with E-state index in [1.165, 1.54) is 4.57 Å². The molecule has 1 heterocycles. The third kappa shape index (κ3) is 8.54. The van der Waals surface area contributed by atoms with Crippen molar-refractivity contribution in [2.24, 2.45) is 0 Å². The van der Waals surface area contributed by atoms with Crippen LogP contribution in [0.4, 0.5) is 4.79 Å². The Hall–Kier alpha value is -4.92. The maximum Gasteiger partial charge on any atom is 0.408 e. The lowest BCUT2D eigenvalue weighted by molar-refractivity contribution is -0.136. The molecule has 0 aliphatic rings. The molecule has 1 aromatic heterocycles. The molecule has 0 unspecified atom stereocenters. The molecule has 2 atom stereocenters. The van der Waals surface area contributed by atoms with Gasteiger partial charge in [0, 0.05) is 38.0 Å². The number of fused-ring (bicyclic) bond motifs is 1. The van der Waals surface area contributed by atoms with Gasteiger partial charge < -0.3 is 20.3 Å². The van der Waals surface area contributed by atoms with Crippen molar-refractivity contribution in [3.05, 3.63) is 108 Å². The number of rotatable bonds is 11. The average molecular weight is 583 g/mol. The van der Waals surface area contributed by atoms with Crippen LogP contribution in [0, 0.1) is 0 Å². The van der Waals surface area contributed by atoms with Crippen molar-refractivity contribution in [3.63, 3.8) is 0 Å². The number of carbonyl (C=O) groups excluding carboxylic acids is 4. The number of para-hydroxylation sites is 1. The summed E-state index contributed by atoms with van der Waals surface area (Å²) in [4.78, 5) is 53.8. The first-order valence-corrected chi connectivity index (χ1v) is 14.2. The fourth-order valence-corrected chi connectivity index (χ4v) is 4.93. The van der Waals surface area contributed by atoms with E-state index >= 15 is 0 Å². The topological polar surface area (TPSA) is 110 Å². The van der Waals surface area contributed by atoms with Crippen LogP contribution in [0.25, 0.3) is 10.9 Å². The minimum atomic E-state index is -1.09. The Morgan fingerprint density at radius 1 is 0.837 bits per heavy atom. The van der Waals surface area contributed by atoms with Crippen LogP contribution < -0.4 is 10.6 Å². The highest BCUT2D eigenvalue weighted by atomic mass is 16.6. The number of hydrogen-bond donors (Lipinski definition) is 2. The molecule has 224 valence electrons. The number of nitrogens with one attached hydrogen (secondary N) is 2. The van der Waals surface area contributed by atoms with Gasteiger partial charge in [-0.3, -0.25) is 19.0 Å². The van der Waals surface area contributed by atoms with Gasteiger partial charge in [-0.05, 0) is 43.5 Å². The van der Waals surface area contributed by atoms with E-state index < -0.39 is 29.7 Å². The van der Waals surface area contributed by atoms with Crippen LogP contribution in [0.5, 0.6) is 0 Å². The molecule has 0 bridgehead atoms. The highest BCUT2D eigenvalue weighted by Gasteiger charge is 2.31. The molecular weight excluding hydrogens is 544 g/mol. The van der Waals surface area contributed by atoms with Crippen molar-refractivity contribution < 1.29 is 23.9 Å². The van der Waals surface area contributed by atoms with Crippen molar-refractivity contribution in [2.45, 2.75) is 57.8 Å². The Labute approximate surface area is 251 Å². The Morgan fingerprint density at radius 2 is 1.44 bits per heavy atom. The summed E-state index contributed by atoms with van der Waals surface area (Å²) in [6, 6.07) is 24.4. The largest absolute Gasteiger partial charge is 0.444 e. The van der Waals surface area contributed by atoms with Gasteiger partial charge in [-0.1, -0.05) is 78.9 Å². The molecular formula is C34H38N4O5. The number of benzene rings is 3. The van der Waals surface area contributed by atoms with Crippen molar-refractivity contribution >= 4 is 35.2 Å². The van der Waals surface area contributed by atoms with Gasteiger partial charge in [0.05, 0.1) is 5.52 Å². The average Bonchev–Trinajstić information content (AvgIpc) is 3.33. The van der Waals surface area contributed by atoms with Crippen LogP contribution in [0.15, 0.2) is 91.1 Å². The Balaban J connectivity index is 1.62. The van der Waals surface area contributed by atoms with Crippen LogP contribution in [0.2, 0.25) is 0 Å². The van der Waals surface area contributed by atoms with Crippen molar-refractivity contribution in [1.29, 1.82) is 0 Å². The van der Waals surface area contributed by atoms with E-state index in [0.29, 0.717) is 24.0 Å². The standard InChI is InChI=1S/C34H38N4O5/c1-34(2,3)43-33(42)36-28(20-26-22-38(23-39)30-18-12-11-17-27(26)30)31(40)35-29(19-24-13-7-5-8-14-24)32(41)37(4)21-25-15-9-6-10-16-25/h5-18,22-23,28-29H,19-21H2,1-4H3,(H,35,40)(H,36,42)/t28-,29+/m1/s1. The zero-order valence-electron chi connectivity index (χ0n) is 24.9. The molecule has 3 aromatic carbocycles. The summed E-state index contributed by atoms with van der Waals surface area (Å²) in [7, 11) is 1.70. The molecule has 3 amide bonds. The molecule has 0 aliphatic heterocycles. The smallest absolute Gasteiger partial charge is 0.408 e. The minimum absolute atomic E-state index is 0.0680. The number of alkyl carbamates (subject to hydrolysis) is 1. The molecule has 0 spiro atoms. The van der Waals surface area contributed by atoms with Gasteiger partial charge in [0.25, 0.3) is 0 Å². The highest BCUT2D eigenvalue weighted by Crippen LogP contribution is 2.22. The summed E-state index contributed by atoms with van der Waals surface area (Å²) < 4.78 is 6.89. The molecule has 2 N–H and O–H groups in total. The predicted octanol–water partition coefficient (Wildman–Crippen LogP) is 4.50. The maximum atomic E-state index is 13.9. The Morgan fingerprint density at radius 3 is 2.07 bits per heavy atom. The summed E-state index contributed by atoms with van der Waals surface area (Å²) in [6.07, 6.45) is 1.90. The molecule has 9 nitrogen and oxygen atoms in total. The fraction of sp³-hybridized carbons (Fsp3) is 0.294. The van der Waals surface area contributed by atoms with Crippen molar-refractivity contribution in [1.82, 2.24) is 20.1 Å². The molecule has 4 aromatic rings. The zero-order valence-corrected chi connectivity index (χ0v) is 24.9. The third-order valence-electron chi connectivity index (χ3n) is 6.90. The summed E-state index contributed by atoms with van der Waals surface area (Å²) in [5, 5.41) is 6.38. The Bertz CT molecular complexity index is 1560. The lowest BCUT2D eigenvalue weighted by Gasteiger charge is -2.28. The van der Waals surface area contributed by atoms with Crippen molar-refractivity contribution in [3.8, 4) is 0 Å². The second-order valence-corrected chi connectivity index (χ2v) is 11.5. The quantitative estimate of drug-likeness (QED) is 0.253. The molecule has 0 saturated heterocycles. The maximum absolute atomic E-state index is 13.9. The summed E-state index contributed by atoms with van der Waals surface area (Å²) in [6.45, 7) is 5.56. The second-order valence-electron chi connectivity index (χ2n) is 11.5. The van der Waals surface area contributed by atoms with Crippen LogP contribution >= 0.6 is 0 Å². The van der Waals surface area contributed by atoms with E-state index in [-0.39, 0.29) is 18.7 Å². The SMILES string of the molecule is CN(Cc1ccccc1)C(=O)[C@H](Cc1ccccc1)NC(=O)[C@@H](Cc1cn(C=O)c2ccccc12)NC(=O)OC(C)(C)C. The van der Waals surface area contributed by atoms with E-state index in [1.807, 2.05) is 78.9 Å². The number of likely N-dealkylation sites (N-methyl/N-ethyl adjacent to an activating group) is 1. The summed E-state index contributed by atoms with van der Waals surface area (Å²) in [5.74, 6) is -0.814.